The maximum Gasteiger partial charge on any atom is 0.00530 e. The Morgan fingerprint density at radius 2 is 1.93 bits per heavy atom. The Labute approximate surface area is 93.1 Å². The summed E-state index contributed by atoms with van der Waals surface area (Å²) in [5.41, 5.74) is 1.52. The van der Waals surface area contributed by atoms with Crippen LogP contribution in [-0.2, 0) is 0 Å². The minimum absolute atomic E-state index is 0.691. The molecular weight excluding hydrogens is 182 g/mol. The number of benzene rings is 1. The van der Waals surface area contributed by atoms with Gasteiger partial charge in [0, 0.05) is 12.6 Å². The molecule has 0 unspecified atom stereocenters. The van der Waals surface area contributed by atoms with E-state index in [2.05, 4.69) is 49.1 Å². The van der Waals surface area contributed by atoms with Crippen molar-refractivity contribution in [3.05, 3.63) is 35.9 Å². The fourth-order valence-corrected chi connectivity index (χ4v) is 2.47. The van der Waals surface area contributed by atoms with Crippen LogP contribution in [0, 0.1) is 0 Å². The predicted octanol–water partition coefficient (Wildman–Crippen LogP) is 3.27. The first-order valence-electron chi connectivity index (χ1n) is 6.06. The van der Waals surface area contributed by atoms with E-state index < -0.39 is 0 Å². The molecule has 0 amide bonds. The Kier molecular flexibility index (Phi) is 3.42. The molecule has 0 bridgehead atoms. The van der Waals surface area contributed by atoms with E-state index in [1.54, 1.807) is 0 Å². The Hall–Kier alpha value is -0.820. The molecule has 2 rings (SSSR count). The lowest BCUT2D eigenvalue weighted by Crippen LogP contribution is -2.39. The molecule has 1 heteroatoms. The Bertz CT molecular complexity index is 291. The van der Waals surface area contributed by atoms with Gasteiger partial charge in [0.1, 0.15) is 0 Å². The number of piperidine rings is 1. The van der Waals surface area contributed by atoms with Gasteiger partial charge in [-0.25, -0.2) is 0 Å². The standard InChI is InChI=1S/C14H21N/c1-12(2)15-10-6-9-14(11-15)13-7-4-3-5-8-13/h3-5,7-8,12,14H,6,9-11H2,1-2H3/t14-/m0/s1. The van der Waals surface area contributed by atoms with Crippen molar-refractivity contribution in [2.45, 2.75) is 38.6 Å². The molecule has 1 aliphatic heterocycles. The molecule has 0 aromatic heterocycles. The quantitative estimate of drug-likeness (QED) is 0.713. The molecule has 0 N–H and O–H groups in total. The zero-order chi connectivity index (χ0) is 10.7. The van der Waals surface area contributed by atoms with E-state index in [0.29, 0.717) is 6.04 Å². The van der Waals surface area contributed by atoms with Crippen molar-refractivity contribution in [3.8, 4) is 0 Å². The number of rotatable bonds is 2. The molecular formula is C14H21N. The van der Waals surface area contributed by atoms with Crippen molar-refractivity contribution in [2.75, 3.05) is 13.1 Å². The molecule has 1 nitrogen and oxygen atoms in total. The molecule has 1 aromatic carbocycles. The molecule has 1 fully saturated rings. The van der Waals surface area contributed by atoms with Crippen molar-refractivity contribution in [3.63, 3.8) is 0 Å². The fraction of sp³-hybridized carbons (Fsp3) is 0.571. The maximum atomic E-state index is 2.60. The highest BCUT2D eigenvalue weighted by Crippen LogP contribution is 2.27. The van der Waals surface area contributed by atoms with Gasteiger partial charge in [-0.3, -0.25) is 0 Å². The van der Waals surface area contributed by atoms with Crippen LogP contribution in [0.1, 0.15) is 38.2 Å². The number of nitrogens with zero attached hydrogens (tertiary/aromatic N) is 1. The van der Waals surface area contributed by atoms with Crippen LogP contribution in [0.25, 0.3) is 0 Å². The molecule has 0 saturated carbocycles. The third-order valence-corrected chi connectivity index (χ3v) is 3.45. The summed E-state index contributed by atoms with van der Waals surface area (Å²) in [4.78, 5) is 2.60. The lowest BCUT2D eigenvalue weighted by molar-refractivity contribution is 0.167. The van der Waals surface area contributed by atoms with Gasteiger partial charge in [0.15, 0.2) is 0 Å². The normalized spacial score (nSPS) is 23.3. The SMILES string of the molecule is CC(C)N1CCC[C@H](c2ccccc2)C1. The van der Waals surface area contributed by atoms with Crippen LogP contribution in [-0.4, -0.2) is 24.0 Å². The van der Waals surface area contributed by atoms with E-state index in [9.17, 15) is 0 Å². The molecule has 1 atom stereocenters. The van der Waals surface area contributed by atoms with Crippen molar-refractivity contribution in [1.82, 2.24) is 4.90 Å². The van der Waals surface area contributed by atoms with Gasteiger partial charge in [-0.2, -0.15) is 0 Å². The minimum atomic E-state index is 0.691. The Morgan fingerprint density at radius 3 is 2.60 bits per heavy atom. The summed E-state index contributed by atoms with van der Waals surface area (Å²) in [7, 11) is 0. The van der Waals surface area contributed by atoms with Gasteiger partial charge in [0.05, 0.1) is 0 Å². The van der Waals surface area contributed by atoms with Crippen LogP contribution in [0.4, 0.5) is 0 Å². The van der Waals surface area contributed by atoms with E-state index in [1.165, 1.54) is 31.5 Å². The van der Waals surface area contributed by atoms with Crippen LogP contribution in [0.15, 0.2) is 30.3 Å². The molecule has 1 aliphatic rings. The van der Waals surface area contributed by atoms with Crippen LogP contribution < -0.4 is 0 Å². The lowest BCUT2D eigenvalue weighted by atomic mass is 9.90. The van der Waals surface area contributed by atoms with Crippen molar-refractivity contribution in [1.29, 1.82) is 0 Å². The summed E-state index contributed by atoms with van der Waals surface area (Å²) >= 11 is 0. The topological polar surface area (TPSA) is 3.24 Å². The second kappa shape index (κ2) is 4.80. The highest BCUT2D eigenvalue weighted by atomic mass is 15.2. The summed E-state index contributed by atoms with van der Waals surface area (Å²) < 4.78 is 0. The first-order valence-corrected chi connectivity index (χ1v) is 6.06. The van der Waals surface area contributed by atoms with E-state index in [4.69, 9.17) is 0 Å². The van der Waals surface area contributed by atoms with Crippen LogP contribution >= 0.6 is 0 Å². The summed E-state index contributed by atoms with van der Waals surface area (Å²) in [6, 6.07) is 11.7. The molecule has 0 spiro atoms. The lowest BCUT2D eigenvalue weighted by Gasteiger charge is -2.35. The molecule has 0 aliphatic carbocycles. The second-order valence-electron chi connectivity index (χ2n) is 4.84. The zero-order valence-corrected chi connectivity index (χ0v) is 9.82. The smallest absolute Gasteiger partial charge is 0.00530 e. The molecule has 0 radical (unpaired) electrons. The van der Waals surface area contributed by atoms with Crippen molar-refractivity contribution < 1.29 is 0 Å². The molecule has 1 heterocycles. The number of hydrogen-bond acceptors (Lipinski definition) is 1. The molecule has 15 heavy (non-hydrogen) atoms. The molecule has 82 valence electrons. The van der Waals surface area contributed by atoms with Crippen molar-refractivity contribution >= 4 is 0 Å². The predicted molar refractivity (Wildman–Crippen MR) is 65.1 cm³/mol. The molecule has 1 aromatic rings. The monoisotopic (exact) mass is 203 g/mol. The molecule has 1 saturated heterocycles. The zero-order valence-electron chi connectivity index (χ0n) is 9.82. The van der Waals surface area contributed by atoms with E-state index in [-0.39, 0.29) is 0 Å². The first-order chi connectivity index (χ1) is 7.27. The van der Waals surface area contributed by atoms with E-state index >= 15 is 0 Å². The minimum Gasteiger partial charge on any atom is -0.300 e. The number of likely N-dealkylation sites (tertiary alicyclic amines) is 1. The third kappa shape index (κ3) is 2.60. The van der Waals surface area contributed by atoms with Gasteiger partial charge >= 0.3 is 0 Å². The highest BCUT2D eigenvalue weighted by molar-refractivity contribution is 5.20. The third-order valence-electron chi connectivity index (χ3n) is 3.45. The fourth-order valence-electron chi connectivity index (χ4n) is 2.47. The Balaban J connectivity index is 2.05. The number of hydrogen-bond donors (Lipinski definition) is 0. The van der Waals surface area contributed by atoms with Gasteiger partial charge in [-0.1, -0.05) is 30.3 Å². The first kappa shape index (κ1) is 10.7. The maximum absolute atomic E-state index is 2.60. The van der Waals surface area contributed by atoms with Gasteiger partial charge in [0.2, 0.25) is 0 Å². The van der Waals surface area contributed by atoms with Crippen LogP contribution in [0.2, 0.25) is 0 Å². The van der Waals surface area contributed by atoms with Gasteiger partial charge in [-0.15, -0.1) is 0 Å². The van der Waals surface area contributed by atoms with E-state index in [0.717, 1.165) is 5.92 Å². The largest absolute Gasteiger partial charge is 0.300 e. The van der Waals surface area contributed by atoms with Gasteiger partial charge < -0.3 is 4.90 Å². The second-order valence-corrected chi connectivity index (χ2v) is 4.84. The van der Waals surface area contributed by atoms with E-state index in [1.807, 2.05) is 0 Å². The van der Waals surface area contributed by atoms with Crippen LogP contribution in [0.3, 0.4) is 0 Å². The average Bonchev–Trinajstić information content (AvgIpc) is 2.30. The Morgan fingerprint density at radius 1 is 1.20 bits per heavy atom. The van der Waals surface area contributed by atoms with Gasteiger partial charge in [-0.05, 0) is 44.7 Å². The summed E-state index contributed by atoms with van der Waals surface area (Å²) in [6.07, 6.45) is 2.70. The average molecular weight is 203 g/mol. The van der Waals surface area contributed by atoms with Gasteiger partial charge in [0.25, 0.3) is 0 Å². The summed E-state index contributed by atoms with van der Waals surface area (Å²) in [5.74, 6) is 0.752. The summed E-state index contributed by atoms with van der Waals surface area (Å²) in [6.45, 7) is 7.11. The van der Waals surface area contributed by atoms with Crippen molar-refractivity contribution in [2.24, 2.45) is 0 Å². The van der Waals surface area contributed by atoms with Crippen LogP contribution in [0.5, 0.6) is 0 Å². The highest BCUT2D eigenvalue weighted by Gasteiger charge is 2.22. The summed E-state index contributed by atoms with van der Waals surface area (Å²) in [5, 5.41) is 0.